The Bertz CT molecular complexity index is 2050. The number of nitrogens with one attached hydrogen (secondary N) is 3. The number of carbonyl (C=O) groups excluding carboxylic acids is 2. The maximum atomic E-state index is 13.0. The Balaban J connectivity index is 1.49. The predicted octanol–water partition coefficient (Wildman–Crippen LogP) is 5.08. The van der Waals surface area contributed by atoms with Crippen LogP contribution in [0, 0.1) is 18.3 Å². The van der Waals surface area contributed by atoms with Gasteiger partial charge in [-0.3, -0.25) is 14.3 Å². The van der Waals surface area contributed by atoms with E-state index < -0.39 is 26.0 Å². The van der Waals surface area contributed by atoms with E-state index in [4.69, 9.17) is 8.92 Å². The zero-order valence-electron chi connectivity index (χ0n) is 24.8. The quantitative estimate of drug-likeness (QED) is 0.112. The summed E-state index contributed by atoms with van der Waals surface area (Å²) in [4.78, 5) is 23.9. The maximum absolute atomic E-state index is 13.0. The van der Waals surface area contributed by atoms with Gasteiger partial charge in [0.25, 0.3) is 15.9 Å². The van der Waals surface area contributed by atoms with Crippen molar-refractivity contribution in [1.29, 1.82) is 5.26 Å². The number of amides is 2. The Kier molecular flexibility index (Phi) is 10.1. The average molecular weight is 661 g/mol. The number of hydrogen-bond acceptors (Lipinski definition) is 9. The molecule has 0 aliphatic carbocycles. The molecule has 0 atom stereocenters. The Hall–Kier alpha value is -5.65. The van der Waals surface area contributed by atoms with E-state index in [1.807, 2.05) is 6.92 Å². The van der Waals surface area contributed by atoms with E-state index in [0.29, 0.717) is 11.4 Å². The highest BCUT2D eigenvalue weighted by molar-refractivity contribution is 7.92. The first-order valence-corrected chi connectivity index (χ1v) is 16.3. The Morgan fingerprint density at radius 3 is 1.89 bits per heavy atom. The van der Waals surface area contributed by atoms with Gasteiger partial charge in [0, 0.05) is 24.0 Å². The molecule has 0 heterocycles. The van der Waals surface area contributed by atoms with E-state index in [1.54, 1.807) is 30.3 Å². The van der Waals surface area contributed by atoms with Crippen LogP contribution in [0.5, 0.6) is 11.5 Å². The van der Waals surface area contributed by atoms with Crippen LogP contribution in [0.4, 0.5) is 17.1 Å². The number of methoxy groups -OCH3 is 1. The van der Waals surface area contributed by atoms with Crippen molar-refractivity contribution < 1.29 is 35.3 Å². The highest BCUT2D eigenvalue weighted by Crippen LogP contribution is 2.32. The van der Waals surface area contributed by atoms with E-state index in [2.05, 4.69) is 15.4 Å². The molecule has 14 heteroatoms. The molecule has 2 amide bonds. The van der Waals surface area contributed by atoms with Gasteiger partial charge in [-0.15, -0.1) is 0 Å². The highest BCUT2D eigenvalue weighted by Gasteiger charge is 2.20. The number of rotatable bonds is 11. The summed E-state index contributed by atoms with van der Waals surface area (Å²) in [5.74, 6) is -1.23. The molecule has 0 fully saturated rings. The number of nitriles is 1. The second kappa shape index (κ2) is 14.0. The Labute approximate surface area is 266 Å². The normalized spacial score (nSPS) is 11.6. The summed E-state index contributed by atoms with van der Waals surface area (Å²) >= 11 is 0. The second-order valence-electron chi connectivity index (χ2n) is 9.77. The molecule has 0 aliphatic rings. The molecular weight excluding hydrogens is 633 g/mol. The average Bonchev–Trinajstić information content (AvgIpc) is 3.01. The number of anilines is 3. The summed E-state index contributed by atoms with van der Waals surface area (Å²) in [5, 5.41) is 14.8. The van der Waals surface area contributed by atoms with Crippen molar-refractivity contribution in [2.75, 3.05) is 22.5 Å². The number of aryl methyl sites for hydroxylation is 1. The first kappa shape index (κ1) is 33.2. The molecule has 3 N–H and O–H groups in total. The summed E-state index contributed by atoms with van der Waals surface area (Å²) in [6, 6.07) is 23.5. The lowest BCUT2D eigenvalue weighted by atomic mass is 10.1. The van der Waals surface area contributed by atoms with Gasteiger partial charge in [0.1, 0.15) is 16.5 Å². The van der Waals surface area contributed by atoms with Crippen molar-refractivity contribution in [3.63, 3.8) is 0 Å². The zero-order chi connectivity index (χ0) is 33.5. The molecule has 4 rings (SSSR count). The lowest BCUT2D eigenvalue weighted by Crippen LogP contribution is -2.15. The summed E-state index contributed by atoms with van der Waals surface area (Å²) in [6.45, 7) is 3.20. The SMILES string of the molecule is COc1ccc(C=C(C#N)C(=O)Nc2ccc(S(=O)(=O)Nc3ccc(C)cc3)cc2)cc1OS(=O)(=O)c1ccc(NC(C)=O)cc1. The van der Waals surface area contributed by atoms with Gasteiger partial charge in [-0.2, -0.15) is 13.7 Å². The Morgan fingerprint density at radius 1 is 0.761 bits per heavy atom. The van der Waals surface area contributed by atoms with E-state index in [-0.39, 0.29) is 44.0 Å². The monoisotopic (exact) mass is 660 g/mol. The molecule has 4 aromatic rings. The summed E-state index contributed by atoms with van der Waals surface area (Å²) in [6.07, 6.45) is 1.22. The Morgan fingerprint density at radius 2 is 1.33 bits per heavy atom. The first-order valence-electron chi connectivity index (χ1n) is 13.4. The predicted molar refractivity (Wildman–Crippen MR) is 172 cm³/mol. The van der Waals surface area contributed by atoms with E-state index in [0.717, 1.165) is 5.56 Å². The van der Waals surface area contributed by atoms with Gasteiger partial charge in [-0.1, -0.05) is 23.8 Å². The van der Waals surface area contributed by atoms with E-state index >= 15 is 0 Å². The van der Waals surface area contributed by atoms with Crippen LogP contribution in [0.3, 0.4) is 0 Å². The molecule has 0 unspecified atom stereocenters. The fraction of sp³-hybridized carbons (Fsp3) is 0.0938. The molecule has 0 aliphatic heterocycles. The number of sulfonamides is 1. The fourth-order valence-corrected chi connectivity index (χ4v) is 5.98. The van der Waals surface area contributed by atoms with Crippen molar-refractivity contribution in [3.05, 3.63) is 108 Å². The number of benzene rings is 4. The van der Waals surface area contributed by atoms with Crippen LogP contribution in [0.2, 0.25) is 0 Å². The van der Waals surface area contributed by atoms with Crippen molar-refractivity contribution in [2.45, 2.75) is 23.6 Å². The summed E-state index contributed by atoms with van der Waals surface area (Å²) in [5.41, 5.74) is 1.93. The molecule has 0 saturated carbocycles. The minimum atomic E-state index is -4.34. The minimum Gasteiger partial charge on any atom is -0.493 e. The van der Waals surface area contributed by atoms with Crippen LogP contribution < -0.4 is 24.3 Å². The largest absolute Gasteiger partial charge is 0.493 e. The van der Waals surface area contributed by atoms with Gasteiger partial charge in [0.15, 0.2) is 11.5 Å². The molecular formula is C32H28N4O8S2. The van der Waals surface area contributed by atoms with Crippen LogP contribution >= 0.6 is 0 Å². The van der Waals surface area contributed by atoms with Crippen molar-refractivity contribution >= 4 is 55.1 Å². The standard InChI is InChI=1S/C32H28N4O8S2/c1-21-4-7-27(8-5-21)36-45(39,40)28-13-9-26(10-14-28)35-32(38)24(20-33)18-23-6-17-30(43-3)31(19-23)44-46(41,42)29-15-11-25(12-16-29)34-22(2)37/h4-19,36H,1-3H3,(H,34,37)(H,35,38). The van der Waals surface area contributed by atoms with E-state index in [1.165, 1.54) is 86.8 Å². The van der Waals surface area contributed by atoms with Gasteiger partial charge in [-0.05, 0) is 91.4 Å². The van der Waals surface area contributed by atoms with Crippen LogP contribution in [-0.2, 0) is 29.7 Å². The third-order valence-corrected chi connectivity index (χ3v) is 8.90. The van der Waals surface area contributed by atoms with Crippen molar-refractivity contribution in [2.24, 2.45) is 0 Å². The maximum Gasteiger partial charge on any atom is 0.339 e. The van der Waals surface area contributed by atoms with Crippen LogP contribution in [-0.4, -0.2) is 35.8 Å². The van der Waals surface area contributed by atoms with Gasteiger partial charge in [0.05, 0.1) is 12.0 Å². The number of ether oxygens (including phenoxy) is 1. The smallest absolute Gasteiger partial charge is 0.339 e. The van der Waals surface area contributed by atoms with Crippen molar-refractivity contribution in [1.82, 2.24) is 0 Å². The topological polar surface area (TPSA) is 181 Å². The highest BCUT2D eigenvalue weighted by atomic mass is 32.2. The van der Waals surface area contributed by atoms with Gasteiger partial charge < -0.3 is 19.6 Å². The molecule has 0 radical (unpaired) electrons. The number of nitrogens with zero attached hydrogens (tertiary/aromatic N) is 1. The molecule has 12 nitrogen and oxygen atoms in total. The molecule has 0 spiro atoms. The molecule has 46 heavy (non-hydrogen) atoms. The number of carbonyl (C=O) groups is 2. The lowest BCUT2D eigenvalue weighted by molar-refractivity contribution is -0.114. The van der Waals surface area contributed by atoms with E-state index in [9.17, 15) is 31.7 Å². The third-order valence-electron chi connectivity index (χ3n) is 6.25. The zero-order valence-corrected chi connectivity index (χ0v) is 26.4. The number of hydrogen-bond donors (Lipinski definition) is 3. The third kappa shape index (κ3) is 8.50. The molecule has 0 saturated heterocycles. The van der Waals surface area contributed by atoms with Gasteiger partial charge >= 0.3 is 10.1 Å². The first-order chi connectivity index (χ1) is 21.8. The molecule has 236 valence electrons. The van der Waals surface area contributed by atoms with Crippen LogP contribution in [0.15, 0.2) is 106 Å². The summed E-state index contributed by atoms with van der Waals surface area (Å²) in [7, 11) is -6.91. The second-order valence-corrected chi connectivity index (χ2v) is 13.0. The lowest BCUT2D eigenvalue weighted by Gasteiger charge is -2.12. The van der Waals surface area contributed by atoms with Gasteiger partial charge in [0.2, 0.25) is 5.91 Å². The summed E-state index contributed by atoms with van der Waals surface area (Å²) < 4.78 is 64.4. The van der Waals surface area contributed by atoms with Crippen molar-refractivity contribution in [3.8, 4) is 17.6 Å². The van der Waals surface area contributed by atoms with Crippen LogP contribution in [0.25, 0.3) is 6.08 Å². The molecule has 0 aromatic heterocycles. The van der Waals surface area contributed by atoms with Gasteiger partial charge in [-0.25, -0.2) is 8.42 Å². The van der Waals surface area contributed by atoms with Crippen LogP contribution in [0.1, 0.15) is 18.1 Å². The molecule has 0 bridgehead atoms. The molecule has 4 aromatic carbocycles. The fourth-order valence-electron chi connectivity index (χ4n) is 3.99. The minimum absolute atomic E-state index is 0.0356.